The second kappa shape index (κ2) is 14.0. The van der Waals surface area contributed by atoms with Gasteiger partial charge in [-0.05, 0) is 56.3 Å². The minimum atomic E-state index is -4.94. The van der Waals surface area contributed by atoms with E-state index in [2.05, 4.69) is 0 Å². The molecule has 3 aromatic carbocycles. The monoisotopic (exact) mass is 643 g/mol. The van der Waals surface area contributed by atoms with E-state index >= 15 is 0 Å². The molecule has 0 atom stereocenters. The van der Waals surface area contributed by atoms with Crippen molar-refractivity contribution in [3.8, 4) is 5.75 Å². The highest BCUT2D eigenvalue weighted by Gasteiger charge is 2.42. The summed E-state index contributed by atoms with van der Waals surface area (Å²) in [5.41, 5.74) is 1.67. The van der Waals surface area contributed by atoms with Crippen LogP contribution in [0.4, 0.5) is 5.69 Å². The first-order valence-electron chi connectivity index (χ1n) is 13.2. The Kier molecular flexibility index (Phi) is 11.4. The molecule has 232 valence electrons. The number of hydrogen-bond donors (Lipinski definition) is 4. The van der Waals surface area contributed by atoms with E-state index in [1.54, 1.807) is 42.3 Å². The van der Waals surface area contributed by atoms with E-state index < -0.39 is 30.6 Å². The Morgan fingerprint density at radius 1 is 0.833 bits per heavy atom. The van der Waals surface area contributed by atoms with Crippen LogP contribution in [0.25, 0.3) is 10.8 Å². The molecule has 0 saturated carbocycles. The lowest BCUT2D eigenvalue weighted by Crippen LogP contribution is -2.26. The van der Waals surface area contributed by atoms with Crippen molar-refractivity contribution in [3.63, 3.8) is 0 Å². The van der Waals surface area contributed by atoms with E-state index in [4.69, 9.17) is 4.74 Å². The first-order chi connectivity index (χ1) is 19.5. The van der Waals surface area contributed by atoms with E-state index in [1.165, 1.54) is 11.4 Å². The molecule has 0 amide bonds. The molecule has 0 aromatic heterocycles. The molecule has 0 heterocycles. The van der Waals surface area contributed by atoms with Crippen molar-refractivity contribution < 1.29 is 41.9 Å². The predicted octanol–water partition coefficient (Wildman–Crippen LogP) is 3.50. The molecule has 0 aliphatic heterocycles. The summed E-state index contributed by atoms with van der Waals surface area (Å²) in [7, 11) is -6.65. The molecule has 0 saturated heterocycles. The summed E-state index contributed by atoms with van der Waals surface area (Å²) < 4.78 is 57.2. The number of rotatable bonds is 15. The Morgan fingerprint density at radius 2 is 1.45 bits per heavy atom. The smallest absolute Gasteiger partial charge is 0.340 e. The summed E-state index contributed by atoms with van der Waals surface area (Å²) in [4.78, 5) is 40.9. The summed E-state index contributed by atoms with van der Waals surface area (Å²) in [6.45, 7) is 1.000. The topological polar surface area (TPSA) is 168 Å². The van der Waals surface area contributed by atoms with Gasteiger partial charge in [0.2, 0.25) is 10.0 Å². The molecule has 3 aromatic rings. The third-order valence-electron chi connectivity index (χ3n) is 6.83. The molecule has 0 fully saturated rings. The maximum absolute atomic E-state index is 13.6. The van der Waals surface area contributed by atoms with Gasteiger partial charge in [0, 0.05) is 50.7 Å². The van der Waals surface area contributed by atoms with Crippen LogP contribution in [0.1, 0.15) is 18.4 Å². The van der Waals surface area contributed by atoms with Crippen molar-refractivity contribution in [3.05, 3.63) is 66.2 Å². The fourth-order valence-electron chi connectivity index (χ4n) is 4.63. The van der Waals surface area contributed by atoms with Crippen LogP contribution < -0.4 is 9.64 Å². The molecule has 0 aliphatic rings. The quantitative estimate of drug-likeness (QED) is 0.141. The highest BCUT2D eigenvalue weighted by atomic mass is 32.2. The van der Waals surface area contributed by atoms with Gasteiger partial charge in [-0.3, -0.25) is 9.13 Å². The molecule has 42 heavy (non-hydrogen) atoms. The fourth-order valence-corrected chi connectivity index (χ4v) is 8.46. The fraction of sp³-hybridized carbons (Fsp3) is 0.407. The van der Waals surface area contributed by atoms with Crippen molar-refractivity contribution in [2.75, 3.05) is 52.8 Å². The minimum absolute atomic E-state index is 0.0876. The van der Waals surface area contributed by atoms with Gasteiger partial charge in [-0.1, -0.05) is 36.4 Å². The van der Waals surface area contributed by atoms with Gasteiger partial charge < -0.3 is 34.1 Å². The van der Waals surface area contributed by atoms with Crippen LogP contribution in [0.5, 0.6) is 5.75 Å². The molecule has 0 radical (unpaired) electrons. The van der Waals surface area contributed by atoms with E-state index in [-0.39, 0.29) is 24.4 Å². The summed E-state index contributed by atoms with van der Waals surface area (Å²) in [5, 5.41) is -0.525. The second-order valence-corrected chi connectivity index (χ2v) is 16.4. The van der Waals surface area contributed by atoms with Crippen molar-refractivity contribution >= 4 is 41.7 Å². The maximum atomic E-state index is 13.6. The van der Waals surface area contributed by atoms with Crippen LogP contribution in [0.15, 0.2) is 65.6 Å². The number of hydrogen-bond acceptors (Lipinski definition) is 7. The van der Waals surface area contributed by atoms with Gasteiger partial charge in [0.1, 0.15) is 5.75 Å². The Bertz CT molecular complexity index is 1550. The number of nitrogens with zero attached hydrogens (tertiary/aromatic N) is 3. The first-order valence-corrected chi connectivity index (χ1v) is 18.0. The maximum Gasteiger partial charge on any atom is 0.340 e. The molecule has 0 bridgehead atoms. The Labute approximate surface area is 246 Å². The van der Waals surface area contributed by atoms with Gasteiger partial charge in [-0.25, -0.2) is 8.42 Å². The number of benzene rings is 3. The Balaban J connectivity index is 1.58. The number of fused-ring (bicyclic) bond motifs is 1. The Hall–Kier alpha value is -2.31. The normalized spacial score (nSPS) is 12.9. The minimum Gasteiger partial charge on any atom is -0.494 e. The lowest BCUT2D eigenvalue weighted by Gasteiger charge is -2.23. The zero-order chi connectivity index (χ0) is 31.3. The molecule has 3 rings (SSSR count). The van der Waals surface area contributed by atoms with Crippen LogP contribution in [-0.2, 0) is 25.7 Å². The SMILES string of the molecule is CN(CCCOc1cccc(CN(C)S(=O)(=O)c2cccc3c(N(C)C)cccc23)c1)CCC(P(=O)(O)O)P(=O)(O)O. The molecule has 4 N–H and O–H groups in total. The van der Waals surface area contributed by atoms with E-state index in [0.29, 0.717) is 30.7 Å². The van der Waals surface area contributed by atoms with Gasteiger partial charge in [0.25, 0.3) is 0 Å². The lowest BCUT2D eigenvalue weighted by atomic mass is 10.1. The molecule has 0 aliphatic carbocycles. The van der Waals surface area contributed by atoms with Crippen molar-refractivity contribution in [2.45, 2.75) is 29.7 Å². The van der Waals surface area contributed by atoms with Crippen molar-refractivity contribution in [1.82, 2.24) is 9.21 Å². The lowest BCUT2D eigenvalue weighted by molar-refractivity contribution is 0.257. The Morgan fingerprint density at radius 3 is 2.10 bits per heavy atom. The zero-order valence-electron chi connectivity index (χ0n) is 24.1. The van der Waals surface area contributed by atoms with E-state index in [9.17, 15) is 37.1 Å². The number of anilines is 1. The van der Waals surface area contributed by atoms with Crippen LogP contribution in [-0.4, -0.2) is 90.5 Å². The molecule has 0 unspecified atom stereocenters. The van der Waals surface area contributed by atoms with Crippen LogP contribution in [0, 0.1) is 0 Å². The second-order valence-electron chi connectivity index (χ2n) is 10.4. The van der Waals surface area contributed by atoms with Gasteiger partial charge in [0.05, 0.1) is 11.5 Å². The zero-order valence-corrected chi connectivity index (χ0v) is 26.7. The van der Waals surface area contributed by atoms with Crippen LogP contribution >= 0.6 is 15.2 Å². The predicted molar refractivity (Wildman–Crippen MR) is 163 cm³/mol. The standard InChI is InChI=1S/C27H39N3O9P2S/c1-28(2)25-13-6-12-24-23(25)11-7-14-26(24)42(37,38)30(4)20-21-9-5-10-22(19-21)39-18-8-16-29(3)17-15-27(40(31,32)33)41(34,35)36/h5-7,9-14,19,27H,8,15-18,20H2,1-4H3,(H2,31,32,33)(H2,34,35,36). The number of ether oxygens (including phenoxy) is 1. The highest BCUT2D eigenvalue weighted by Crippen LogP contribution is 2.61. The van der Waals surface area contributed by atoms with Gasteiger partial charge in [-0.15, -0.1) is 0 Å². The van der Waals surface area contributed by atoms with Crippen LogP contribution in [0.3, 0.4) is 0 Å². The van der Waals surface area contributed by atoms with Crippen LogP contribution in [0.2, 0.25) is 0 Å². The summed E-state index contributed by atoms with van der Waals surface area (Å²) in [6, 6.07) is 18.0. The first kappa shape index (κ1) is 34.2. The third-order valence-corrected chi connectivity index (χ3v) is 12.6. The molecular weight excluding hydrogens is 604 g/mol. The number of sulfonamides is 1. The van der Waals surface area contributed by atoms with Gasteiger partial charge >= 0.3 is 15.2 Å². The molecule has 15 heteroatoms. The average molecular weight is 644 g/mol. The van der Waals surface area contributed by atoms with Gasteiger partial charge in [0.15, 0.2) is 5.40 Å². The summed E-state index contributed by atoms with van der Waals surface area (Å²) in [5.74, 6) is 0.560. The summed E-state index contributed by atoms with van der Waals surface area (Å²) in [6.07, 6.45) is 0.196. The van der Waals surface area contributed by atoms with Crippen molar-refractivity contribution in [2.24, 2.45) is 0 Å². The summed E-state index contributed by atoms with van der Waals surface area (Å²) >= 11 is 0. The van der Waals surface area contributed by atoms with E-state index in [1.807, 2.05) is 49.3 Å². The van der Waals surface area contributed by atoms with Gasteiger partial charge in [-0.2, -0.15) is 4.31 Å². The molecule has 12 nitrogen and oxygen atoms in total. The van der Waals surface area contributed by atoms with Crippen molar-refractivity contribution in [1.29, 1.82) is 0 Å². The largest absolute Gasteiger partial charge is 0.494 e. The molecule has 0 spiro atoms. The highest BCUT2D eigenvalue weighted by molar-refractivity contribution is 7.89. The third kappa shape index (κ3) is 8.86. The van der Waals surface area contributed by atoms with E-state index in [0.717, 1.165) is 16.6 Å². The molecular formula is C27H39N3O9P2S. The average Bonchev–Trinajstić information content (AvgIpc) is 2.89.